The van der Waals surface area contributed by atoms with E-state index >= 15 is 0 Å². The monoisotopic (exact) mass is 252 g/mol. The maximum Gasteiger partial charge on any atom is 0.194 e. The smallest absolute Gasteiger partial charge is 0.194 e. The Bertz CT molecular complexity index is 463. The number of hydrogen-bond acceptors (Lipinski definition) is 2. The first-order chi connectivity index (χ1) is 8.36. The normalized spacial score (nSPS) is 7.50. The average Bonchev–Trinajstić information content (AvgIpc) is 2.36. The lowest BCUT2D eigenvalue weighted by atomic mass is 10.3. The summed E-state index contributed by atoms with van der Waals surface area (Å²) in [4.78, 5) is 11.0. The van der Waals surface area contributed by atoms with E-state index in [1.807, 2.05) is 41.5 Å². The van der Waals surface area contributed by atoms with Crippen molar-refractivity contribution in [1.82, 2.24) is 0 Å². The molecule has 0 fully saturated rings. The molecule has 0 aliphatic rings. The molecule has 1 aromatic heterocycles. The summed E-state index contributed by atoms with van der Waals surface area (Å²) in [6.07, 6.45) is 1.39. The van der Waals surface area contributed by atoms with Crippen LogP contribution in [0.4, 0.5) is 0 Å². The summed E-state index contributed by atoms with van der Waals surface area (Å²) in [6, 6.07) is 0. The molecule has 0 amide bonds. The predicted octanol–water partition coefficient (Wildman–Crippen LogP) is 3.40. The van der Waals surface area contributed by atoms with E-state index in [1.165, 1.54) is 11.8 Å². The lowest BCUT2D eigenvalue weighted by Crippen LogP contribution is -2.37. The Morgan fingerprint density at radius 1 is 1.11 bits per heavy atom. The summed E-state index contributed by atoms with van der Waals surface area (Å²) < 4.78 is 4.90. The molecule has 0 saturated carbocycles. The van der Waals surface area contributed by atoms with E-state index in [2.05, 4.69) is 19.7 Å². The highest BCUT2D eigenvalue weighted by atomic mass is 16.3. The van der Waals surface area contributed by atoms with Crippen LogP contribution < -0.4 is 16.1 Å². The molecule has 2 nitrogen and oxygen atoms in total. The summed E-state index contributed by atoms with van der Waals surface area (Å²) in [6.45, 7) is 24.2. The molecule has 0 unspecified atom stereocenters. The topological polar surface area (TPSA) is 30.2 Å². The third-order valence-corrected chi connectivity index (χ3v) is 1.35. The van der Waals surface area contributed by atoms with Crippen molar-refractivity contribution < 1.29 is 4.42 Å². The Morgan fingerprint density at radius 3 is 1.72 bits per heavy atom. The average molecular weight is 252 g/mol. The van der Waals surface area contributed by atoms with Gasteiger partial charge < -0.3 is 4.42 Å². The third kappa shape index (κ3) is 10.9. The van der Waals surface area contributed by atoms with Gasteiger partial charge >= 0.3 is 0 Å². The zero-order valence-corrected chi connectivity index (χ0v) is 13.0. The highest BCUT2D eigenvalue weighted by Gasteiger charge is 1.93. The first kappa shape index (κ1) is 21.7. The van der Waals surface area contributed by atoms with Crippen molar-refractivity contribution in [1.29, 1.82) is 0 Å². The van der Waals surface area contributed by atoms with Gasteiger partial charge in [-0.1, -0.05) is 46.4 Å². The standard InChI is InChI=1S/C8H8O2.C4H8.2C2H6/c1-5-4-10-7(3)6(2)8(5)9;1-4(2)3;2*1-2/h4H,2-3H2,1H3;1H2,2-3H3;2*1-2H3. The van der Waals surface area contributed by atoms with E-state index < -0.39 is 0 Å². The Balaban J connectivity index is -0.000000238. The summed E-state index contributed by atoms with van der Waals surface area (Å²) in [7, 11) is 0. The fourth-order valence-corrected chi connectivity index (χ4v) is 0.649. The fourth-order valence-electron chi connectivity index (χ4n) is 0.649. The van der Waals surface area contributed by atoms with E-state index in [1.54, 1.807) is 6.92 Å². The second-order valence-electron chi connectivity index (χ2n) is 3.36. The molecule has 104 valence electrons. The van der Waals surface area contributed by atoms with Gasteiger partial charge in [-0.15, -0.1) is 6.58 Å². The highest BCUT2D eigenvalue weighted by molar-refractivity contribution is 5.13. The van der Waals surface area contributed by atoms with E-state index in [4.69, 9.17) is 4.42 Å². The third-order valence-electron chi connectivity index (χ3n) is 1.35. The molecule has 0 spiro atoms. The van der Waals surface area contributed by atoms with E-state index in [9.17, 15) is 4.79 Å². The van der Waals surface area contributed by atoms with Gasteiger partial charge in [-0.3, -0.25) is 4.79 Å². The molecule has 0 atom stereocenters. The van der Waals surface area contributed by atoms with Crippen LogP contribution in [0.3, 0.4) is 0 Å². The van der Waals surface area contributed by atoms with E-state index in [-0.39, 0.29) is 5.43 Å². The lowest BCUT2D eigenvalue weighted by molar-refractivity contribution is 0.505. The van der Waals surface area contributed by atoms with Crippen LogP contribution in [0.1, 0.15) is 47.1 Å². The molecule has 2 heteroatoms. The van der Waals surface area contributed by atoms with Gasteiger partial charge in [0.25, 0.3) is 0 Å². The lowest BCUT2D eigenvalue weighted by Gasteiger charge is -1.87. The Morgan fingerprint density at radius 2 is 1.44 bits per heavy atom. The summed E-state index contributed by atoms with van der Waals surface area (Å²) in [5.74, 6) is 0. The van der Waals surface area contributed by atoms with Crippen LogP contribution >= 0.6 is 0 Å². The SMILES string of the molecule is C=C(C)C.C=c1occ(C)c(=O)c1=C.CC.CC. The molecule has 0 aromatic carbocycles. The van der Waals surface area contributed by atoms with Crippen molar-refractivity contribution in [2.75, 3.05) is 0 Å². The minimum Gasteiger partial charge on any atom is -0.464 e. The fraction of sp³-hybridized carbons (Fsp3) is 0.438. The molecule has 18 heavy (non-hydrogen) atoms. The first-order valence-electron chi connectivity index (χ1n) is 6.24. The van der Waals surface area contributed by atoms with Crippen LogP contribution in [0.25, 0.3) is 13.2 Å². The number of rotatable bonds is 0. The summed E-state index contributed by atoms with van der Waals surface area (Å²) >= 11 is 0. The molecular formula is C16H28O2. The Labute approximate surface area is 111 Å². The largest absolute Gasteiger partial charge is 0.464 e. The maximum absolute atomic E-state index is 11.0. The molecule has 1 rings (SSSR count). The maximum atomic E-state index is 11.0. The summed E-state index contributed by atoms with van der Waals surface area (Å²) in [5.41, 5.74) is 1.99. The second-order valence-corrected chi connectivity index (χ2v) is 3.36. The van der Waals surface area contributed by atoms with E-state index in [0.29, 0.717) is 16.2 Å². The molecular weight excluding hydrogens is 224 g/mol. The second kappa shape index (κ2) is 13.5. The van der Waals surface area contributed by atoms with Crippen molar-refractivity contribution in [2.45, 2.75) is 48.5 Å². The Hall–Kier alpha value is -1.57. The number of hydrogen-bond donors (Lipinski definition) is 0. The molecule has 0 aliphatic heterocycles. The van der Waals surface area contributed by atoms with Crippen LogP contribution in [0, 0.1) is 6.92 Å². The van der Waals surface area contributed by atoms with E-state index in [0.717, 1.165) is 0 Å². The molecule has 1 heterocycles. The molecule has 1 aromatic rings. The van der Waals surface area contributed by atoms with Crippen LogP contribution in [-0.4, -0.2) is 0 Å². The molecule has 0 bridgehead atoms. The number of aryl methyl sites for hydroxylation is 1. The van der Waals surface area contributed by atoms with Crippen LogP contribution in [-0.2, 0) is 0 Å². The van der Waals surface area contributed by atoms with Gasteiger partial charge in [0, 0.05) is 5.56 Å². The molecule has 0 aliphatic carbocycles. The highest BCUT2D eigenvalue weighted by Crippen LogP contribution is 1.76. The van der Waals surface area contributed by atoms with Gasteiger partial charge in [0.15, 0.2) is 5.43 Å². The van der Waals surface area contributed by atoms with Gasteiger partial charge in [-0.25, -0.2) is 0 Å². The van der Waals surface area contributed by atoms with Crippen LogP contribution in [0.5, 0.6) is 0 Å². The zero-order valence-electron chi connectivity index (χ0n) is 13.0. The first-order valence-corrected chi connectivity index (χ1v) is 6.24. The van der Waals surface area contributed by atoms with Gasteiger partial charge in [0.1, 0.15) is 5.42 Å². The Kier molecular flexibility index (Phi) is 16.3. The van der Waals surface area contributed by atoms with Crippen LogP contribution in [0.15, 0.2) is 27.6 Å². The van der Waals surface area contributed by atoms with Gasteiger partial charge in [0.05, 0.1) is 11.5 Å². The van der Waals surface area contributed by atoms with Crippen molar-refractivity contribution >= 4 is 13.2 Å². The van der Waals surface area contributed by atoms with Crippen LogP contribution in [0.2, 0.25) is 0 Å². The summed E-state index contributed by atoms with van der Waals surface area (Å²) in [5, 5.41) is 0.347. The van der Waals surface area contributed by atoms with Gasteiger partial charge in [-0.2, -0.15) is 0 Å². The minimum absolute atomic E-state index is 0.0868. The van der Waals surface area contributed by atoms with Crippen molar-refractivity contribution in [3.8, 4) is 0 Å². The van der Waals surface area contributed by atoms with Gasteiger partial charge in [-0.05, 0) is 20.8 Å². The number of allylic oxidation sites excluding steroid dienone is 1. The van der Waals surface area contributed by atoms with Crippen molar-refractivity contribution in [3.63, 3.8) is 0 Å². The van der Waals surface area contributed by atoms with Crippen molar-refractivity contribution in [2.24, 2.45) is 0 Å². The molecule has 0 saturated heterocycles. The van der Waals surface area contributed by atoms with Crippen molar-refractivity contribution in [3.05, 3.63) is 44.8 Å². The predicted molar refractivity (Wildman–Crippen MR) is 83.2 cm³/mol. The minimum atomic E-state index is -0.0868. The quantitative estimate of drug-likeness (QED) is 0.662. The molecule has 0 N–H and O–H groups in total. The molecule has 0 radical (unpaired) electrons. The van der Waals surface area contributed by atoms with Gasteiger partial charge in [0.2, 0.25) is 0 Å². The zero-order chi connectivity index (χ0) is 15.3.